The molecule has 0 saturated heterocycles. The fraction of sp³-hybridized carbons (Fsp3) is 0.973. The second kappa shape index (κ2) is 37.8. The van der Waals surface area contributed by atoms with Gasteiger partial charge in [-0.15, -0.1) is 0 Å². The summed E-state index contributed by atoms with van der Waals surface area (Å²) in [5, 5.41) is 2.64. The van der Waals surface area contributed by atoms with Gasteiger partial charge in [0.1, 0.15) is 5.60 Å². The molecule has 0 aliphatic rings. The van der Waals surface area contributed by atoms with Crippen LogP contribution in [0.2, 0.25) is 0 Å². The van der Waals surface area contributed by atoms with Gasteiger partial charge in [-0.05, 0) is 27.2 Å². The second-order valence-corrected chi connectivity index (χ2v) is 13.0. The number of amides is 1. The molecule has 0 rings (SSSR count). The van der Waals surface area contributed by atoms with E-state index in [9.17, 15) is 4.79 Å². The average molecular weight is 678 g/mol. The third kappa shape index (κ3) is 43.0. The number of hydrogen-bond donors (Lipinski definition) is 1. The highest BCUT2D eigenvalue weighted by Crippen LogP contribution is 2.13. The van der Waals surface area contributed by atoms with Crippen LogP contribution in [0.25, 0.3) is 0 Å². The molecule has 0 bridgehead atoms. The zero-order valence-corrected chi connectivity index (χ0v) is 31.1. The third-order valence-electron chi connectivity index (χ3n) is 7.29. The van der Waals surface area contributed by atoms with E-state index in [4.69, 9.17) is 37.9 Å². The lowest BCUT2D eigenvalue weighted by atomic mass is 10.0. The quantitative estimate of drug-likeness (QED) is 0.0654. The minimum atomic E-state index is -0.502. The standard InChI is InChI=1S/C37H75NO9/c1-5-6-7-8-9-10-11-12-13-14-15-16-17-18-19-20-22-40-24-26-42-28-30-44-32-34-46-35-33-45-31-29-43-27-25-41-23-21-38-36(39)47-37(2,3)4/h5-35H2,1-4H3,(H,38,39). The van der Waals surface area contributed by atoms with E-state index >= 15 is 0 Å². The highest BCUT2D eigenvalue weighted by Gasteiger charge is 2.15. The van der Waals surface area contributed by atoms with E-state index < -0.39 is 11.7 Å². The monoisotopic (exact) mass is 678 g/mol. The Hall–Kier alpha value is -1.01. The Labute approximate surface area is 288 Å². The molecule has 47 heavy (non-hydrogen) atoms. The van der Waals surface area contributed by atoms with Gasteiger partial charge in [-0.2, -0.15) is 0 Å². The number of carbonyl (C=O) groups excluding carboxylic acids is 1. The lowest BCUT2D eigenvalue weighted by Crippen LogP contribution is -2.34. The summed E-state index contributed by atoms with van der Waals surface area (Å²) in [5.74, 6) is 0. The van der Waals surface area contributed by atoms with Crippen LogP contribution in [-0.4, -0.2) is 111 Å². The van der Waals surface area contributed by atoms with Crippen molar-refractivity contribution in [3.05, 3.63) is 0 Å². The van der Waals surface area contributed by atoms with Gasteiger partial charge in [-0.1, -0.05) is 103 Å². The normalized spacial score (nSPS) is 11.7. The van der Waals surface area contributed by atoms with Crippen molar-refractivity contribution in [2.45, 2.75) is 136 Å². The van der Waals surface area contributed by atoms with Crippen molar-refractivity contribution in [1.82, 2.24) is 5.32 Å². The van der Waals surface area contributed by atoms with E-state index in [2.05, 4.69) is 12.2 Å². The predicted octanol–water partition coefficient (Wildman–Crippen LogP) is 7.89. The summed E-state index contributed by atoms with van der Waals surface area (Å²) in [6, 6.07) is 0. The largest absolute Gasteiger partial charge is 0.444 e. The molecule has 0 heterocycles. The van der Waals surface area contributed by atoms with Crippen molar-refractivity contribution in [2.24, 2.45) is 0 Å². The maximum Gasteiger partial charge on any atom is 0.407 e. The lowest BCUT2D eigenvalue weighted by molar-refractivity contribution is -0.0205. The molecule has 0 unspecified atom stereocenters. The molecule has 0 radical (unpaired) electrons. The molecule has 0 fully saturated rings. The van der Waals surface area contributed by atoms with Crippen molar-refractivity contribution in [3.63, 3.8) is 0 Å². The number of carbonyl (C=O) groups is 1. The molecule has 0 aliphatic heterocycles. The predicted molar refractivity (Wildman–Crippen MR) is 190 cm³/mol. The van der Waals surface area contributed by atoms with E-state index in [-0.39, 0.29) is 0 Å². The molecule has 0 aromatic carbocycles. The van der Waals surface area contributed by atoms with Crippen LogP contribution in [0.15, 0.2) is 0 Å². The van der Waals surface area contributed by atoms with Crippen LogP contribution in [0.1, 0.15) is 130 Å². The van der Waals surface area contributed by atoms with Crippen LogP contribution < -0.4 is 5.32 Å². The first-order valence-corrected chi connectivity index (χ1v) is 19.0. The molecule has 10 nitrogen and oxygen atoms in total. The van der Waals surface area contributed by atoms with Gasteiger partial charge >= 0.3 is 6.09 Å². The van der Waals surface area contributed by atoms with Crippen LogP contribution in [0.4, 0.5) is 4.79 Å². The SMILES string of the molecule is CCCCCCCCCCCCCCCCCCOCCOCCOCCOCCOCCOCCOCCNC(=O)OC(C)(C)C. The first kappa shape index (κ1) is 46.0. The van der Waals surface area contributed by atoms with Gasteiger partial charge in [0.25, 0.3) is 0 Å². The number of rotatable bonds is 38. The second-order valence-electron chi connectivity index (χ2n) is 13.0. The van der Waals surface area contributed by atoms with Gasteiger partial charge in [0.2, 0.25) is 0 Å². The van der Waals surface area contributed by atoms with Crippen molar-refractivity contribution in [1.29, 1.82) is 0 Å². The van der Waals surface area contributed by atoms with Gasteiger partial charge in [0.05, 0.1) is 85.9 Å². The van der Waals surface area contributed by atoms with E-state index in [0.29, 0.717) is 92.4 Å². The highest BCUT2D eigenvalue weighted by molar-refractivity contribution is 5.67. The molecule has 1 N–H and O–H groups in total. The highest BCUT2D eigenvalue weighted by atomic mass is 16.6. The number of alkyl carbamates (subject to hydrolysis) is 1. The Bertz CT molecular complexity index is 619. The van der Waals surface area contributed by atoms with Crippen LogP contribution in [0, 0.1) is 0 Å². The Morgan fingerprint density at radius 3 is 1.00 bits per heavy atom. The minimum absolute atomic E-state index is 0.395. The fourth-order valence-corrected chi connectivity index (χ4v) is 4.71. The maximum absolute atomic E-state index is 11.5. The van der Waals surface area contributed by atoms with Crippen LogP contribution >= 0.6 is 0 Å². The smallest absolute Gasteiger partial charge is 0.407 e. The molecular formula is C37H75NO9. The van der Waals surface area contributed by atoms with E-state index in [0.717, 1.165) is 13.0 Å². The lowest BCUT2D eigenvalue weighted by Gasteiger charge is -2.19. The fourth-order valence-electron chi connectivity index (χ4n) is 4.71. The molecule has 10 heteroatoms. The van der Waals surface area contributed by atoms with Crippen LogP contribution in [-0.2, 0) is 37.9 Å². The molecule has 282 valence electrons. The summed E-state index contributed by atoms with van der Waals surface area (Å²) in [5.41, 5.74) is -0.502. The number of unbranched alkanes of at least 4 members (excludes halogenated alkanes) is 15. The Kier molecular flexibility index (Phi) is 37.0. The summed E-state index contributed by atoms with van der Waals surface area (Å²) in [7, 11) is 0. The van der Waals surface area contributed by atoms with Crippen molar-refractivity contribution < 1.29 is 42.7 Å². The summed E-state index contributed by atoms with van der Waals surface area (Å²) >= 11 is 0. The summed E-state index contributed by atoms with van der Waals surface area (Å²) in [4.78, 5) is 11.5. The minimum Gasteiger partial charge on any atom is -0.444 e. The maximum atomic E-state index is 11.5. The Morgan fingerprint density at radius 2 is 0.681 bits per heavy atom. The van der Waals surface area contributed by atoms with Gasteiger partial charge < -0.3 is 43.2 Å². The first-order chi connectivity index (χ1) is 23.0. The third-order valence-corrected chi connectivity index (χ3v) is 7.29. The average Bonchev–Trinajstić information content (AvgIpc) is 3.03. The first-order valence-electron chi connectivity index (χ1n) is 19.0. The number of hydrogen-bond acceptors (Lipinski definition) is 9. The Morgan fingerprint density at radius 1 is 0.404 bits per heavy atom. The zero-order valence-electron chi connectivity index (χ0n) is 31.1. The number of ether oxygens (including phenoxy) is 8. The molecular weight excluding hydrogens is 602 g/mol. The summed E-state index contributed by atoms with van der Waals surface area (Å²) in [6.07, 6.45) is 21.7. The van der Waals surface area contributed by atoms with Gasteiger partial charge in [-0.25, -0.2) is 4.79 Å². The van der Waals surface area contributed by atoms with Gasteiger partial charge in [-0.3, -0.25) is 0 Å². The van der Waals surface area contributed by atoms with E-state index in [1.807, 2.05) is 20.8 Å². The van der Waals surface area contributed by atoms with Crippen molar-refractivity contribution >= 4 is 6.09 Å². The van der Waals surface area contributed by atoms with Crippen LogP contribution in [0.5, 0.6) is 0 Å². The molecule has 0 aromatic rings. The molecule has 0 saturated carbocycles. The van der Waals surface area contributed by atoms with E-state index in [1.165, 1.54) is 96.3 Å². The molecule has 1 amide bonds. The number of nitrogens with one attached hydrogen (secondary N) is 1. The summed E-state index contributed by atoms with van der Waals surface area (Å²) < 4.78 is 43.7. The van der Waals surface area contributed by atoms with Gasteiger partial charge in [0.15, 0.2) is 0 Å². The van der Waals surface area contributed by atoms with Crippen LogP contribution in [0.3, 0.4) is 0 Å². The Balaban J connectivity index is 3.09. The summed E-state index contributed by atoms with van der Waals surface area (Å²) in [6.45, 7) is 15.8. The topological polar surface area (TPSA) is 103 Å². The molecule has 0 aromatic heterocycles. The molecule has 0 aliphatic carbocycles. The molecule has 0 spiro atoms. The van der Waals surface area contributed by atoms with Crippen molar-refractivity contribution in [2.75, 3.05) is 99.0 Å². The van der Waals surface area contributed by atoms with E-state index in [1.54, 1.807) is 0 Å². The van der Waals surface area contributed by atoms with Gasteiger partial charge in [0, 0.05) is 13.2 Å². The zero-order chi connectivity index (χ0) is 34.4. The molecule has 0 atom stereocenters. The van der Waals surface area contributed by atoms with Crippen molar-refractivity contribution in [3.8, 4) is 0 Å².